The molecule has 6 heteroatoms. The van der Waals surface area contributed by atoms with Gasteiger partial charge in [0.1, 0.15) is 5.75 Å². The molecule has 0 aromatic heterocycles. The second kappa shape index (κ2) is 8.25. The molecule has 1 unspecified atom stereocenters. The molecule has 0 heterocycles. The van der Waals surface area contributed by atoms with E-state index in [0.29, 0.717) is 16.5 Å². The molecule has 0 fully saturated rings. The molecule has 0 saturated carbocycles. The number of sulfonamides is 1. The third-order valence-electron chi connectivity index (χ3n) is 4.64. The van der Waals surface area contributed by atoms with Gasteiger partial charge in [-0.1, -0.05) is 54.1 Å². The SMILES string of the molecule is COc1cccc(N(C(C)c2ccccc2)S(=O)(=O)c2ccc(C)c(Cl)c2)c1. The highest BCUT2D eigenvalue weighted by molar-refractivity contribution is 7.92. The maximum atomic E-state index is 13.6. The van der Waals surface area contributed by atoms with Crippen LogP contribution in [0, 0.1) is 6.92 Å². The summed E-state index contributed by atoms with van der Waals surface area (Å²) in [5.41, 5.74) is 2.23. The number of hydrogen-bond donors (Lipinski definition) is 0. The van der Waals surface area contributed by atoms with Crippen LogP contribution in [0.25, 0.3) is 0 Å². The van der Waals surface area contributed by atoms with E-state index >= 15 is 0 Å². The number of benzene rings is 3. The van der Waals surface area contributed by atoms with Gasteiger partial charge in [0.2, 0.25) is 0 Å². The van der Waals surface area contributed by atoms with E-state index in [4.69, 9.17) is 16.3 Å². The van der Waals surface area contributed by atoms with Gasteiger partial charge in [0.15, 0.2) is 0 Å². The lowest BCUT2D eigenvalue weighted by Gasteiger charge is -2.31. The van der Waals surface area contributed by atoms with Crippen LogP contribution in [0.2, 0.25) is 5.02 Å². The zero-order valence-electron chi connectivity index (χ0n) is 16.0. The van der Waals surface area contributed by atoms with Crippen molar-refractivity contribution in [2.24, 2.45) is 0 Å². The Bertz CT molecular complexity index is 1070. The molecule has 146 valence electrons. The molecule has 0 amide bonds. The van der Waals surface area contributed by atoms with Crippen LogP contribution in [0.3, 0.4) is 0 Å². The van der Waals surface area contributed by atoms with Crippen LogP contribution in [-0.4, -0.2) is 15.5 Å². The molecule has 3 rings (SSSR count). The van der Waals surface area contributed by atoms with Crippen molar-refractivity contribution in [2.75, 3.05) is 11.4 Å². The van der Waals surface area contributed by atoms with E-state index in [0.717, 1.165) is 11.1 Å². The van der Waals surface area contributed by atoms with E-state index in [9.17, 15) is 8.42 Å². The maximum absolute atomic E-state index is 13.6. The van der Waals surface area contributed by atoms with E-state index < -0.39 is 16.1 Å². The zero-order valence-corrected chi connectivity index (χ0v) is 17.5. The fraction of sp³-hybridized carbons (Fsp3) is 0.182. The molecule has 3 aromatic carbocycles. The Labute approximate surface area is 171 Å². The van der Waals surface area contributed by atoms with Crippen LogP contribution in [0.15, 0.2) is 77.7 Å². The van der Waals surface area contributed by atoms with E-state index in [1.54, 1.807) is 43.5 Å². The van der Waals surface area contributed by atoms with Gasteiger partial charge in [-0.15, -0.1) is 0 Å². The van der Waals surface area contributed by atoms with Gasteiger partial charge in [0.05, 0.1) is 23.7 Å². The van der Waals surface area contributed by atoms with Crippen LogP contribution in [0.5, 0.6) is 5.75 Å². The Morgan fingerprint density at radius 3 is 2.32 bits per heavy atom. The first-order chi connectivity index (χ1) is 13.3. The van der Waals surface area contributed by atoms with Gasteiger partial charge in [0, 0.05) is 11.1 Å². The summed E-state index contributed by atoms with van der Waals surface area (Å²) in [6.45, 7) is 3.70. The summed E-state index contributed by atoms with van der Waals surface area (Å²) in [5, 5.41) is 0.416. The van der Waals surface area contributed by atoms with Crippen molar-refractivity contribution in [2.45, 2.75) is 24.8 Å². The van der Waals surface area contributed by atoms with Gasteiger partial charge < -0.3 is 4.74 Å². The van der Waals surface area contributed by atoms with Crippen LogP contribution in [0.1, 0.15) is 24.1 Å². The largest absolute Gasteiger partial charge is 0.497 e. The van der Waals surface area contributed by atoms with Crippen molar-refractivity contribution < 1.29 is 13.2 Å². The number of aryl methyl sites for hydroxylation is 1. The Balaban J connectivity index is 2.18. The number of anilines is 1. The minimum atomic E-state index is -3.87. The van der Waals surface area contributed by atoms with Gasteiger partial charge in [-0.25, -0.2) is 8.42 Å². The molecule has 4 nitrogen and oxygen atoms in total. The molecule has 0 saturated heterocycles. The summed E-state index contributed by atoms with van der Waals surface area (Å²) in [7, 11) is -2.32. The first kappa shape index (κ1) is 20.2. The first-order valence-electron chi connectivity index (χ1n) is 8.84. The van der Waals surface area contributed by atoms with E-state index in [2.05, 4.69) is 0 Å². The Kier molecular flexibility index (Phi) is 5.96. The third-order valence-corrected chi connectivity index (χ3v) is 6.94. The average Bonchev–Trinajstić information content (AvgIpc) is 2.70. The van der Waals surface area contributed by atoms with Crippen LogP contribution in [-0.2, 0) is 10.0 Å². The Morgan fingerprint density at radius 1 is 0.964 bits per heavy atom. The second-order valence-corrected chi connectivity index (χ2v) is 8.72. The standard InChI is InChI=1S/C22H22ClNO3S/c1-16-12-13-21(15-22(16)23)28(25,26)24(17(2)18-8-5-4-6-9-18)19-10-7-11-20(14-19)27-3/h4-15,17H,1-3H3. The van der Waals surface area contributed by atoms with E-state index in [1.807, 2.05) is 44.2 Å². The normalized spacial score (nSPS) is 12.4. The number of hydrogen-bond acceptors (Lipinski definition) is 3. The average molecular weight is 416 g/mol. The van der Waals surface area contributed by atoms with Crippen molar-refractivity contribution >= 4 is 27.3 Å². The molecule has 0 N–H and O–H groups in total. The summed E-state index contributed by atoms with van der Waals surface area (Å²) in [6.07, 6.45) is 0. The number of ether oxygens (including phenoxy) is 1. The minimum Gasteiger partial charge on any atom is -0.497 e. The molecule has 0 aliphatic heterocycles. The lowest BCUT2D eigenvalue weighted by molar-refractivity contribution is 0.415. The lowest BCUT2D eigenvalue weighted by Crippen LogP contribution is -2.33. The van der Waals surface area contributed by atoms with Crippen molar-refractivity contribution in [1.29, 1.82) is 0 Å². The van der Waals surface area contributed by atoms with Gasteiger partial charge >= 0.3 is 0 Å². The molecule has 28 heavy (non-hydrogen) atoms. The quantitative estimate of drug-likeness (QED) is 0.525. The zero-order chi connectivity index (χ0) is 20.3. The molecule has 3 aromatic rings. The highest BCUT2D eigenvalue weighted by Gasteiger charge is 2.31. The maximum Gasteiger partial charge on any atom is 0.264 e. The molecule has 0 bridgehead atoms. The minimum absolute atomic E-state index is 0.147. The smallest absolute Gasteiger partial charge is 0.264 e. The van der Waals surface area contributed by atoms with Crippen molar-refractivity contribution in [1.82, 2.24) is 0 Å². The number of nitrogens with zero attached hydrogens (tertiary/aromatic N) is 1. The fourth-order valence-corrected chi connectivity index (χ4v) is 4.94. The number of rotatable bonds is 6. The molecule has 0 radical (unpaired) electrons. The number of halogens is 1. The number of methoxy groups -OCH3 is 1. The van der Waals surface area contributed by atoms with E-state index in [-0.39, 0.29) is 4.90 Å². The lowest BCUT2D eigenvalue weighted by atomic mass is 10.1. The van der Waals surface area contributed by atoms with E-state index in [1.165, 1.54) is 10.4 Å². The highest BCUT2D eigenvalue weighted by atomic mass is 35.5. The fourth-order valence-electron chi connectivity index (χ4n) is 3.03. The molecule has 1 atom stereocenters. The van der Waals surface area contributed by atoms with Crippen LogP contribution in [0.4, 0.5) is 5.69 Å². The third kappa shape index (κ3) is 4.01. The predicted octanol–water partition coefficient (Wildman–Crippen LogP) is 5.61. The van der Waals surface area contributed by atoms with Crippen molar-refractivity contribution in [3.05, 3.63) is 88.9 Å². The van der Waals surface area contributed by atoms with Gasteiger partial charge in [0.25, 0.3) is 10.0 Å². The molecule has 0 spiro atoms. The van der Waals surface area contributed by atoms with Gasteiger partial charge in [-0.3, -0.25) is 4.31 Å². The van der Waals surface area contributed by atoms with Gasteiger partial charge in [-0.2, -0.15) is 0 Å². The topological polar surface area (TPSA) is 46.6 Å². The van der Waals surface area contributed by atoms with Crippen molar-refractivity contribution in [3.8, 4) is 5.75 Å². The Hall–Kier alpha value is -2.50. The summed E-state index contributed by atoms with van der Waals surface area (Å²) < 4.78 is 34.0. The van der Waals surface area contributed by atoms with Crippen LogP contribution >= 0.6 is 11.6 Å². The second-order valence-electron chi connectivity index (χ2n) is 6.50. The highest BCUT2D eigenvalue weighted by Crippen LogP contribution is 2.35. The molecular weight excluding hydrogens is 394 g/mol. The first-order valence-corrected chi connectivity index (χ1v) is 10.7. The summed E-state index contributed by atoms with van der Waals surface area (Å²) in [5.74, 6) is 0.583. The van der Waals surface area contributed by atoms with Crippen LogP contribution < -0.4 is 9.04 Å². The molecular formula is C22H22ClNO3S. The Morgan fingerprint density at radius 2 is 1.68 bits per heavy atom. The van der Waals surface area contributed by atoms with Crippen molar-refractivity contribution in [3.63, 3.8) is 0 Å². The van der Waals surface area contributed by atoms with Gasteiger partial charge in [-0.05, 0) is 49.2 Å². The predicted molar refractivity (Wildman–Crippen MR) is 114 cm³/mol. The summed E-state index contributed by atoms with van der Waals surface area (Å²) >= 11 is 6.21. The summed E-state index contributed by atoms with van der Waals surface area (Å²) in [6, 6.07) is 20.9. The summed E-state index contributed by atoms with van der Waals surface area (Å²) in [4.78, 5) is 0.147. The molecule has 0 aliphatic carbocycles. The monoisotopic (exact) mass is 415 g/mol. The molecule has 0 aliphatic rings.